The lowest BCUT2D eigenvalue weighted by Crippen LogP contribution is -2.39. The molecule has 7 heteroatoms. The molecule has 1 N–H and O–H groups in total. The van der Waals surface area contributed by atoms with Gasteiger partial charge in [0, 0.05) is 13.6 Å². The summed E-state index contributed by atoms with van der Waals surface area (Å²) < 4.78 is 21.8. The number of methoxy groups -OCH3 is 2. The molecule has 1 aliphatic rings. The molecule has 1 atom stereocenters. The van der Waals surface area contributed by atoms with Crippen LogP contribution in [0.25, 0.3) is 0 Å². The Labute approximate surface area is 171 Å². The fraction of sp³-hybridized carbons (Fsp3) is 0.409. The fourth-order valence-corrected chi connectivity index (χ4v) is 3.14. The zero-order chi connectivity index (χ0) is 20.8. The van der Waals surface area contributed by atoms with Crippen molar-refractivity contribution in [3.63, 3.8) is 0 Å². The van der Waals surface area contributed by atoms with Crippen LogP contribution in [0.15, 0.2) is 36.4 Å². The molecule has 2 aromatic rings. The largest absolute Gasteiger partial charge is 0.493 e. The Morgan fingerprint density at radius 1 is 1.07 bits per heavy atom. The summed E-state index contributed by atoms with van der Waals surface area (Å²) >= 11 is 0. The molecule has 0 aromatic heterocycles. The molecule has 0 radical (unpaired) electrons. The number of amides is 2. The molecule has 156 valence electrons. The monoisotopic (exact) mass is 400 g/mol. The number of nitrogens with zero attached hydrogens (tertiary/aromatic N) is 1. The van der Waals surface area contributed by atoms with E-state index in [1.807, 2.05) is 43.3 Å². The maximum absolute atomic E-state index is 12.6. The van der Waals surface area contributed by atoms with Crippen molar-refractivity contribution in [1.82, 2.24) is 10.2 Å². The lowest BCUT2D eigenvalue weighted by atomic mass is 10.1. The third kappa shape index (κ3) is 5.04. The van der Waals surface area contributed by atoms with Crippen LogP contribution in [0.3, 0.4) is 0 Å². The Balaban J connectivity index is 1.55. The van der Waals surface area contributed by atoms with Gasteiger partial charge in [-0.25, -0.2) is 4.79 Å². The van der Waals surface area contributed by atoms with Gasteiger partial charge < -0.3 is 29.2 Å². The molecule has 2 aromatic carbocycles. The number of rotatable bonds is 7. The quantitative estimate of drug-likeness (QED) is 0.771. The van der Waals surface area contributed by atoms with Crippen molar-refractivity contribution in [3.05, 3.63) is 47.5 Å². The third-order valence-electron chi connectivity index (χ3n) is 4.94. The van der Waals surface area contributed by atoms with Gasteiger partial charge in [-0.15, -0.1) is 0 Å². The summed E-state index contributed by atoms with van der Waals surface area (Å²) in [6, 6.07) is 11.2. The van der Waals surface area contributed by atoms with Gasteiger partial charge in [-0.3, -0.25) is 0 Å². The molecule has 7 nitrogen and oxygen atoms in total. The number of likely N-dealkylation sites (N-methyl/N-ethyl adjacent to an activating group) is 1. The van der Waals surface area contributed by atoms with Crippen LogP contribution in [0.5, 0.6) is 23.0 Å². The van der Waals surface area contributed by atoms with Crippen molar-refractivity contribution in [2.75, 3.05) is 41.0 Å². The van der Waals surface area contributed by atoms with Crippen LogP contribution in [0.1, 0.15) is 24.1 Å². The van der Waals surface area contributed by atoms with Crippen molar-refractivity contribution in [1.29, 1.82) is 0 Å². The first-order valence-corrected chi connectivity index (χ1v) is 9.64. The van der Waals surface area contributed by atoms with Gasteiger partial charge in [-0.1, -0.05) is 12.1 Å². The van der Waals surface area contributed by atoms with Crippen LogP contribution in [-0.2, 0) is 6.42 Å². The highest BCUT2D eigenvalue weighted by Crippen LogP contribution is 2.32. The third-order valence-corrected chi connectivity index (χ3v) is 4.94. The second kappa shape index (κ2) is 9.41. The molecule has 0 spiro atoms. The van der Waals surface area contributed by atoms with Gasteiger partial charge in [0.2, 0.25) is 0 Å². The SMILES string of the molecule is COc1ccc(CCN(C)C(=O)NC(C)c2ccc3c(c2)OCCO3)cc1OC. The fourth-order valence-electron chi connectivity index (χ4n) is 3.14. The minimum Gasteiger partial charge on any atom is -0.493 e. The summed E-state index contributed by atoms with van der Waals surface area (Å²) in [5.74, 6) is 2.84. The number of hydrogen-bond acceptors (Lipinski definition) is 5. The van der Waals surface area contributed by atoms with E-state index in [2.05, 4.69) is 5.32 Å². The Morgan fingerprint density at radius 3 is 2.52 bits per heavy atom. The predicted octanol–water partition coefficient (Wildman–Crippen LogP) is 3.42. The maximum Gasteiger partial charge on any atom is 0.317 e. The topological polar surface area (TPSA) is 69.3 Å². The Hall–Kier alpha value is -3.09. The van der Waals surface area contributed by atoms with E-state index in [9.17, 15) is 4.79 Å². The predicted molar refractivity (Wildman–Crippen MR) is 110 cm³/mol. The number of carbonyl (C=O) groups excluding carboxylic acids is 1. The maximum atomic E-state index is 12.6. The zero-order valence-corrected chi connectivity index (χ0v) is 17.4. The molecular formula is C22H28N2O5. The van der Waals surface area contributed by atoms with Crippen molar-refractivity contribution in [3.8, 4) is 23.0 Å². The van der Waals surface area contributed by atoms with Gasteiger partial charge in [-0.2, -0.15) is 0 Å². The number of fused-ring (bicyclic) bond motifs is 1. The first kappa shape index (κ1) is 20.6. The zero-order valence-electron chi connectivity index (χ0n) is 17.4. The van der Waals surface area contributed by atoms with Gasteiger partial charge in [0.25, 0.3) is 0 Å². The van der Waals surface area contributed by atoms with Crippen molar-refractivity contribution >= 4 is 6.03 Å². The van der Waals surface area contributed by atoms with Gasteiger partial charge in [-0.05, 0) is 48.7 Å². The number of nitrogens with one attached hydrogen (secondary N) is 1. The molecular weight excluding hydrogens is 372 g/mol. The highest BCUT2D eigenvalue weighted by atomic mass is 16.6. The summed E-state index contributed by atoms with van der Waals surface area (Å²) in [7, 11) is 5.01. The standard InChI is InChI=1S/C22H28N2O5/c1-15(17-6-8-19-21(14-17)29-12-11-28-19)23-22(25)24(2)10-9-16-5-7-18(26-3)20(13-16)27-4/h5-8,13-15H,9-12H2,1-4H3,(H,23,25). The van der Waals surface area contributed by atoms with E-state index < -0.39 is 0 Å². The van der Waals surface area contributed by atoms with Crippen LogP contribution in [-0.4, -0.2) is 52.0 Å². The van der Waals surface area contributed by atoms with E-state index >= 15 is 0 Å². The van der Waals surface area contributed by atoms with Gasteiger partial charge in [0.05, 0.1) is 20.3 Å². The second-order valence-corrected chi connectivity index (χ2v) is 6.94. The average Bonchev–Trinajstić information content (AvgIpc) is 2.76. The summed E-state index contributed by atoms with van der Waals surface area (Å²) in [5.41, 5.74) is 2.04. The highest BCUT2D eigenvalue weighted by molar-refractivity contribution is 5.74. The molecule has 0 saturated carbocycles. The van der Waals surface area contributed by atoms with E-state index in [0.717, 1.165) is 22.6 Å². The van der Waals surface area contributed by atoms with Gasteiger partial charge in [0.15, 0.2) is 23.0 Å². The number of hydrogen-bond donors (Lipinski definition) is 1. The van der Waals surface area contributed by atoms with Crippen LogP contribution < -0.4 is 24.3 Å². The lowest BCUT2D eigenvalue weighted by Gasteiger charge is -2.23. The van der Waals surface area contributed by atoms with Crippen LogP contribution >= 0.6 is 0 Å². The van der Waals surface area contributed by atoms with Crippen molar-refractivity contribution < 1.29 is 23.7 Å². The molecule has 1 unspecified atom stereocenters. The van der Waals surface area contributed by atoms with Crippen molar-refractivity contribution in [2.45, 2.75) is 19.4 Å². The number of carbonyl (C=O) groups is 1. The molecule has 1 heterocycles. The summed E-state index contributed by atoms with van der Waals surface area (Å²) in [6.07, 6.45) is 0.711. The first-order valence-electron chi connectivity index (χ1n) is 9.64. The Bertz CT molecular complexity index is 855. The molecule has 0 bridgehead atoms. The molecule has 29 heavy (non-hydrogen) atoms. The minimum atomic E-state index is -0.151. The van der Waals surface area contributed by atoms with Gasteiger partial charge >= 0.3 is 6.03 Å². The number of ether oxygens (including phenoxy) is 4. The highest BCUT2D eigenvalue weighted by Gasteiger charge is 2.17. The van der Waals surface area contributed by atoms with E-state index in [4.69, 9.17) is 18.9 Å². The first-order chi connectivity index (χ1) is 14.0. The van der Waals surface area contributed by atoms with E-state index in [0.29, 0.717) is 37.7 Å². The molecule has 1 aliphatic heterocycles. The van der Waals surface area contributed by atoms with Crippen LogP contribution in [0.4, 0.5) is 4.79 Å². The van der Waals surface area contributed by atoms with Crippen LogP contribution in [0.2, 0.25) is 0 Å². The van der Waals surface area contributed by atoms with Crippen LogP contribution in [0, 0.1) is 0 Å². The second-order valence-electron chi connectivity index (χ2n) is 6.94. The summed E-state index contributed by atoms with van der Waals surface area (Å²) in [6.45, 7) is 3.63. The smallest absolute Gasteiger partial charge is 0.317 e. The van der Waals surface area contributed by atoms with E-state index in [-0.39, 0.29) is 12.1 Å². The summed E-state index contributed by atoms with van der Waals surface area (Å²) in [5, 5.41) is 3.03. The summed E-state index contributed by atoms with van der Waals surface area (Å²) in [4.78, 5) is 14.2. The molecule has 2 amide bonds. The molecule has 0 aliphatic carbocycles. The Morgan fingerprint density at radius 2 is 1.79 bits per heavy atom. The van der Waals surface area contributed by atoms with E-state index in [1.54, 1.807) is 26.2 Å². The van der Waals surface area contributed by atoms with E-state index in [1.165, 1.54) is 0 Å². The lowest BCUT2D eigenvalue weighted by molar-refractivity contribution is 0.171. The van der Waals surface area contributed by atoms with Crippen molar-refractivity contribution in [2.24, 2.45) is 0 Å². The average molecular weight is 400 g/mol. The Kier molecular flexibility index (Phi) is 6.69. The van der Waals surface area contributed by atoms with Gasteiger partial charge in [0.1, 0.15) is 13.2 Å². The molecule has 0 saturated heterocycles. The normalized spacial score (nSPS) is 13.4. The number of benzene rings is 2. The minimum absolute atomic E-state index is 0.132. The molecule has 0 fully saturated rings. The number of urea groups is 1. The molecule has 3 rings (SSSR count).